The molecule has 2 nitrogen and oxygen atoms in total. The van der Waals surface area contributed by atoms with Crippen molar-refractivity contribution in [1.82, 2.24) is 0 Å². The normalized spacial score (nSPS) is 20.0. The van der Waals surface area contributed by atoms with Crippen LogP contribution in [-0.4, -0.2) is 0 Å². The Balaban J connectivity index is 1.08. The van der Waals surface area contributed by atoms with E-state index in [1.165, 1.54) is 72.3 Å². The molecule has 0 saturated carbocycles. The van der Waals surface area contributed by atoms with Crippen LogP contribution in [0.15, 0.2) is 109 Å². The molecule has 3 aliphatic carbocycles. The molecule has 6 aromatic carbocycles. The summed E-state index contributed by atoms with van der Waals surface area (Å²) in [5.74, 6) is 6.29. The fourth-order valence-electron chi connectivity index (χ4n) is 8.92. The zero-order valence-corrected chi connectivity index (χ0v) is 29.0. The maximum absolute atomic E-state index is 7.30. The third-order valence-electron chi connectivity index (χ3n) is 11.7. The Hall–Kier alpha value is -5.20. The minimum Gasteiger partial charge on any atom is -0.318 e. The van der Waals surface area contributed by atoms with E-state index in [-0.39, 0.29) is 5.41 Å². The van der Waals surface area contributed by atoms with Gasteiger partial charge in [-0.25, -0.2) is 0 Å². The molecule has 6 aromatic rings. The lowest BCUT2D eigenvalue weighted by molar-refractivity contribution is 0.620. The molecule has 2 heteroatoms. The van der Waals surface area contributed by atoms with Gasteiger partial charge in [0.15, 0.2) is 0 Å². The van der Waals surface area contributed by atoms with Crippen molar-refractivity contribution in [3.8, 4) is 67.5 Å². The molecular formula is C47H40N2. The first-order valence-electron chi connectivity index (χ1n) is 17.3. The van der Waals surface area contributed by atoms with Crippen molar-refractivity contribution in [3.63, 3.8) is 0 Å². The average molecular weight is 633 g/mol. The van der Waals surface area contributed by atoms with Gasteiger partial charge in [0, 0.05) is 11.0 Å². The molecule has 2 atom stereocenters. The van der Waals surface area contributed by atoms with Crippen LogP contribution in [0.4, 0.5) is 0 Å². The number of hydrogen-bond donors (Lipinski definition) is 2. The average Bonchev–Trinajstić information content (AvgIpc) is 3.56. The summed E-state index contributed by atoms with van der Waals surface area (Å²) in [7, 11) is 0. The van der Waals surface area contributed by atoms with Gasteiger partial charge < -0.3 is 11.5 Å². The summed E-state index contributed by atoms with van der Waals surface area (Å²) in [5, 5.41) is 0. The van der Waals surface area contributed by atoms with Gasteiger partial charge in [-0.05, 0) is 153 Å². The van der Waals surface area contributed by atoms with E-state index in [0.29, 0.717) is 0 Å². The van der Waals surface area contributed by atoms with Gasteiger partial charge in [0.25, 0.3) is 0 Å². The largest absolute Gasteiger partial charge is 0.318 e. The highest BCUT2D eigenvalue weighted by Crippen LogP contribution is 2.52. The number of fused-ring (bicyclic) bond motifs is 9. The van der Waals surface area contributed by atoms with E-state index in [2.05, 4.69) is 156 Å². The molecule has 0 saturated heterocycles. The van der Waals surface area contributed by atoms with Crippen molar-refractivity contribution >= 4 is 0 Å². The van der Waals surface area contributed by atoms with E-state index < -0.39 is 11.1 Å². The topological polar surface area (TPSA) is 52.0 Å². The highest BCUT2D eigenvalue weighted by molar-refractivity contribution is 5.89. The molecule has 0 aliphatic heterocycles. The summed E-state index contributed by atoms with van der Waals surface area (Å²) >= 11 is 0. The van der Waals surface area contributed by atoms with E-state index in [4.69, 9.17) is 11.5 Å². The van der Waals surface area contributed by atoms with Gasteiger partial charge in [-0.2, -0.15) is 0 Å². The number of aryl methyl sites for hydroxylation is 1. The minimum atomic E-state index is -0.632. The Labute approximate surface area is 289 Å². The summed E-state index contributed by atoms with van der Waals surface area (Å²) < 4.78 is 0. The van der Waals surface area contributed by atoms with Crippen molar-refractivity contribution in [3.05, 3.63) is 154 Å². The summed E-state index contributed by atoms with van der Waals surface area (Å²) in [4.78, 5) is 0. The van der Waals surface area contributed by atoms with Gasteiger partial charge >= 0.3 is 0 Å². The number of hydrogen-bond acceptors (Lipinski definition) is 2. The van der Waals surface area contributed by atoms with Crippen molar-refractivity contribution in [2.24, 2.45) is 11.5 Å². The summed E-state index contributed by atoms with van der Waals surface area (Å²) in [5.41, 5.74) is 34.9. The quantitative estimate of drug-likeness (QED) is 0.187. The lowest BCUT2D eigenvalue weighted by Crippen LogP contribution is -2.32. The third-order valence-corrected chi connectivity index (χ3v) is 11.7. The molecule has 49 heavy (non-hydrogen) atoms. The second-order valence-corrected chi connectivity index (χ2v) is 15.3. The second-order valence-electron chi connectivity index (χ2n) is 15.3. The van der Waals surface area contributed by atoms with Crippen molar-refractivity contribution in [1.29, 1.82) is 0 Å². The van der Waals surface area contributed by atoms with Gasteiger partial charge in [0.1, 0.15) is 0 Å². The highest BCUT2D eigenvalue weighted by Gasteiger charge is 2.39. The van der Waals surface area contributed by atoms with Crippen LogP contribution in [0.5, 0.6) is 0 Å². The molecule has 238 valence electrons. The summed E-state index contributed by atoms with van der Waals surface area (Å²) in [6, 6.07) is 40.6. The molecule has 3 aliphatic rings. The maximum atomic E-state index is 7.30. The molecule has 0 aromatic heterocycles. The van der Waals surface area contributed by atoms with Crippen molar-refractivity contribution in [2.75, 3.05) is 0 Å². The van der Waals surface area contributed by atoms with Gasteiger partial charge in [-0.3, -0.25) is 0 Å². The van der Waals surface area contributed by atoms with E-state index in [9.17, 15) is 0 Å². The SMILES string of the molecule is CC#Cc1ccc2c(c1)C(C)(C)c1cc(-c3ccc4c(c3)C(C)(N)c3cc(-c5ccc6c(c5)C(C)(N)c5cc(C)ccc5-6)ccc3-4)ccc1-2. The van der Waals surface area contributed by atoms with Crippen molar-refractivity contribution < 1.29 is 0 Å². The van der Waals surface area contributed by atoms with Gasteiger partial charge in [0.05, 0.1) is 11.1 Å². The summed E-state index contributed by atoms with van der Waals surface area (Å²) in [6.45, 7) is 13.0. The van der Waals surface area contributed by atoms with Gasteiger partial charge in [-0.1, -0.05) is 98.1 Å². The fourth-order valence-corrected chi connectivity index (χ4v) is 8.92. The van der Waals surface area contributed by atoms with Crippen LogP contribution in [0, 0.1) is 18.8 Å². The highest BCUT2D eigenvalue weighted by atomic mass is 14.8. The molecular weight excluding hydrogens is 593 g/mol. The smallest absolute Gasteiger partial charge is 0.0649 e. The molecule has 0 spiro atoms. The van der Waals surface area contributed by atoms with Crippen LogP contribution in [0.25, 0.3) is 55.6 Å². The lowest BCUT2D eigenvalue weighted by Gasteiger charge is -2.24. The zero-order chi connectivity index (χ0) is 34.0. The van der Waals surface area contributed by atoms with E-state index in [1.54, 1.807) is 0 Å². The molecule has 0 heterocycles. The lowest BCUT2D eigenvalue weighted by atomic mass is 9.81. The predicted octanol–water partition coefficient (Wildman–Crippen LogP) is 10.4. The predicted molar refractivity (Wildman–Crippen MR) is 204 cm³/mol. The number of nitrogens with two attached hydrogens (primary N) is 2. The van der Waals surface area contributed by atoms with Crippen LogP contribution in [0.2, 0.25) is 0 Å². The number of rotatable bonds is 2. The Morgan fingerprint density at radius 2 is 0.776 bits per heavy atom. The fraction of sp³-hybridized carbons (Fsp3) is 0.191. The Bertz CT molecular complexity index is 2500. The second kappa shape index (κ2) is 9.93. The molecule has 2 unspecified atom stereocenters. The Morgan fingerprint density at radius 3 is 1.22 bits per heavy atom. The first-order chi connectivity index (χ1) is 23.4. The third kappa shape index (κ3) is 4.10. The molecule has 0 bridgehead atoms. The zero-order valence-electron chi connectivity index (χ0n) is 29.0. The van der Waals surface area contributed by atoms with E-state index >= 15 is 0 Å². The van der Waals surface area contributed by atoms with Gasteiger partial charge in [-0.15, -0.1) is 5.92 Å². The maximum Gasteiger partial charge on any atom is 0.0649 e. The molecule has 0 amide bonds. The summed E-state index contributed by atoms with van der Waals surface area (Å²) in [6.07, 6.45) is 0. The standard InChI is InChI=1S/C47H40N2/c1-7-8-28-10-16-33-34-17-11-29(23-40(34)45(3,4)39(33)22-28)30-12-19-37-38-20-14-32(26-44(38)47(6,49)43(37)24-30)31-13-18-36-35-15-9-27(2)21-41(35)46(5,48)42(36)25-31/h9-26H,48-49H2,1-6H3. The molecule has 0 fully saturated rings. The van der Waals surface area contributed by atoms with E-state index in [1.807, 2.05) is 6.92 Å². The first kappa shape index (κ1) is 29.9. The Kier molecular flexibility index (Phi) is 6.06. The minimum absolute atomic E-state index is 0.113. The molecule has 0 radical (unpaired) electrons. The monoisotopic (exact) mass is 632 g/mol. The van der Waals surface area contributed by atoms with Crippen LogP contribution < -0.4 is 11.5 Å². The van der Waals surface area contributed by atoms with Crippen LogP contribution in [0.3, 0.4) is 0 Å². The van der Waals surface area contributed by atoms with Crippen LogP contribution in [-0.2, 0) is 16.5 Å². The van der Waals surface area contributed by atoms with Crippen LogP contribution >= 0.6 is 0 Å². The van der Waals surface area contributed by atoms with Crippen molar-refractivity contribution in [2.45, 2.75) is 58.0 Å². The number of benzene rings is 6. The van der Waals surface area contributed by atoms with E-state index in [0.717, 1.165) is 27.8 Å². The Morgan fingerprint density at radius 1 is 0.429 bits per heavy atom. The van der Waals surface area contributed by atoms with Gasteiger partial charge in [0.2, 0.25) is 0 Å². The molecule has 4 N–H and O–H groups in total. The first-order valence-corrected chi connectivity index (χ1v) is 17.3. The van der Waals surface area contributed by atoms with Crippen LogP contribution in [0.1, 0.15) is 79.1 Å². The molecule has 9 rings (SSSR count).